The Kier molecular flexibility index (Phi) is 8.58. The molecule has 0 fully saturated rings. The number of aromatic nitrogens is 5. The van der Waals surface area contributed by atoms with Gasteiger partial charge in [0, 0.05) is 41.8 Å². The van der Waals surface area contributed by atoms with Crippen molar-refractivity contribution in [3.05, 3.63) is 72.5 Å². The van der Waals surface area contributed by atoms with E-state index in [1.807, 2.05) is 6.26 Å². The van der Waals surface area contributed by atoms with E-state index in [9.17, 15) is 8.42 Å². The van der Waals surface area contributed by atoms with Gasteiger partial charge in [-0.15, -0.1) is 11.8 Å². The molecule has 3 heterocycles. The molecule has 11 nitrogen and oxygen atoms in total. The van der Waals surface area contributed by atoms with Crippen molar-refractivity contribution in [3.63, 3.8) is 0 Å². The van der Waals surface area contributed by atoms with Gasteiger partial charge < -0.3 is 9.47 Å². The van der Waals surface area contributed by atoms with Crippen LogP contribution in [0.15, 0.2) is 72.4 Å². The van der Waals surface area contributed by atoms with Crippen LogP contribution < -0.4 is 18.5 Å². The molecule has 0 atom stereocenters. The highest BCUT2D eigenvalue weighted by Gasteiger charge is 2.23. The van der Waals surface area contributed by atoms with Crippen molar-refractivity contribution in [2.45, 2.75) is 4.90 Å². The lowest BCUT2D eigenvalue weighted by molar-refractivity contribution is 0.201. The first-order valence-electron chi connectivity index (χ1n) is 10.8. The molecule has 1 aromatic carbocycles. The van der Waals surface area contributed by atoms with Crippen molar-refractivity contribution >= 4 is 45.1 Å². The van der Waals surface area contributed by atoms with Crippen LogP contribution in [0.4, 0.5) is 11.5 Å². The van der Waals surface area contributed by atoms with Crippen LogP contribution in [-0.2, 0) is 10.2 Å². The van der Waals surface area contributed by atoms with Gasteiger partial charge >= 0.3 is 16.2 Å². The number of hydrogen-bond acceptors (Lipinski definition) is 10. The Labute approximate surface area is 223 Å². The first-order chi connectivity index (χ1) is 17.9. The predicted octanol–water partition coefficient (Wildman–Crippen LogP) is 3.95. The molecule has 0 aliphatic rings. The van der Waals surface area contributed by atoms with Crippen LogP contribution in [0.1, 0.15) is 0 Å². The van der Waals surface area contributed by atoms with Gasteiger partial charge in [0.05, 0.1) is 11.3 Å². The summed E-state index contributed by atoms with van der Waals surface area (Å²) in [4.78, 5) is 21.5. The maximum atomic E-state index is 13.1. The number of pyridine rings is 1. The molecule has 37 heavy (non-hydrogen) atoms. The van der Waals surface area contributed by atoms with E-state index in [0.29, 0.717) is 21.8 Å². The molecule has 0 aliphatic carbocycles. The number of ether oxygens (including phenoxy) is 2. The maximum Gasteiger partial charge on any atom is 0.324 e. The molecule has 0 unspecified atom stereocenters. The van der Waals surface area contributed by atoms with Crippen LogP contribution >= 0.6 is 23.4 Å². The summed E-state index contributed by atoms with van der Waals surface area (Å²) >= 11 is 7.59. The summed E-state index contributed by atoms with van der Waals surface area (Å²) in [6, 6.07) is 10.2. The SMILES string of the molecule is CSc1cnc(OCCOc2ncnc(NS(=O)(=O)N(C)c3ccncc3)c2-c2ccc(Cl)cc2)nc1. The zero-order valence-electron chi connectivity index (χ0n) is 19.8. The number of anilines is 2. The summed E-state index contributed by atoms with van der Waals surface area (Å²) in [5.41, 5.74) is 1.36. The number of nitrogens with zero attached hydrogens (tertiary/aromatic N) is 6. The summed E-state index contributed by atoms with van der Waals surface area (Å²) in [6.45, 7) is 0.225. The zero-order chi connectivity index (χ0) is 26.3. The number of benzene rings is 1. The van der Waals surface area contributed by atoms with E-state index in [0.717, 1.165) is 9.20 Å². The van der Waals surface area contributed by atoms with Gasteiger partial charge in [-0.2, -0.15) is 8.42 Å². The molecule has 0 aliphatic heterocycles. The molecule has 192 valence electrons. The largest absolute Gasteiger partial charge is 0.473 e. The summed E-state index contributed by atoms with van der Waals surface area (Å²) in [7, 11) is -2.63. The smallest absolute Gasteiger partial charge is 0.324 e. The third-order valence-electron chi connectivity index (χ3n) is 4.95. The topological polar surface area (TPSA) is 132 Å². The van der Waals surface area contributed by atoms with E-state index in [-0.39, 0.29) is 30.9 Å². The molecule has 4 rings (SSSR count). The molecule has 0 saturated heterocycles. The Morgan fingerprint density at radius 3 is 2.32 bits per heavy atom. The van der Waals surface area contributed by atoms with Gasteiger partial charge in [-0.1, -0.05) is 23.7 Å². The third-order valence-corrected chi connectivity index (χ3v) is 7.27. The van der Waals surface area contributed by atoms with E-state index in [2.05, 4.69) is 29.6 Å². The fraction of sp³-hybridized carbons (Fsp3) is 0.174. The highest BCUT2D eigenvalue weighted by molar-refractivity contribution is 7.98. The fourth-order valence-electron chi connectivity index (χ4n) is 3.07. The van der Waals surface area contributed by atoms with E-state index in [4.69, 9.17) is 21.1 Å². The van der Waals surface area contributed by atoms with Crippen LogP contribution in [0, 0.1) is 0 Å². The number of nitrogens with one attached hydrogen (secondary N) is 1. The monoisotopic (exact) mass is 559 g/mol. The van der Waals surface area contributed by atoms with E-state index < -0.39 is 10.2 Å². The van der Waals surface area contributed by atoms with E-state index in [1.165, 1.54) is 37.5 Å². The lowest BCUT2D eigenvalue weighted by Gasteiger charge is -2.21. The quantitative estimate of drug-likeness (QED) is 0.213. The second kappa shape index (κ2) is 12.0. The molecule has 0 spiro atoms. The van der Waals surface area contributed by atoms with Crippen molar-refractivity contribution in [3.8, 4) is 23.0 Å². The molecule has 4 aromatic rings. The van der Waals surface area contributed by atoms with Crippen molar-refractivity contribution in [2.24, 2.45) is 0 Å². The molecule has 0 saturated carbocycles. The van der Waals surface area contributed by atoms with Crippen LogP contribution in [0.25, 0.3) is 11.1 Å². The Balaban J connectivity index is 1.56. The van der Waals surface area contributed by atoms with Crippen LogP contribution in [-0.4, -0.2) is 59.9 Å². The normalized spacial score (nSPS) is 11.1. The Hall–Kier alpha value is -3.68. The lowest BCUT2D eigenvalue weighted by atomic mass is 10.1. The molecular weight excluding hydrogens is 538 g/mol. The first kappa shape index (κ1) is 26.4. The Morgan fingerprint density at radius 1 is 0.973 bits per heavy atom. The Morgan fingerprint density at radius 2 is 1.65 bits per heavy atom. The number of thioether (sulfide) groups is 1. The summed E-state index contributed by atoms with van der Waals surface area (Å²) < 4.78 is 41.3. The zero-order valence-corrected chi connectivity index (χ0v) is 22.2. The third kappa shape index (κ3) is 6.76. The minimum atomic E-state index is -4.05. The molecule has 0 amide bonds. The second-order valence-corrected chi connectivity index (χ2v) is 10.3. The van der Waals surface area contributed by atoms with Gasteiger partial charge in [0.2, 0.25) is 5.88 Å². The Bertz CT molecular complexity index is 1430. The number of rotatable bonds is 11. The molecule has 0 bridgehead atoms. The minimum Gasteiger partial charge on any atom is -0.473 e. The first-order valence-corrected chi connectivity index (χ1v) is 13.8. The molecular formula is C23H22ClN7O4S2. The fourth-order valence-corrected chi connectivity index (χ4v) is 4.45. The standard InChI is InChI=1S/C23H22ClN7O4S2/c1-31(18-7-9-25-10-8-18)37(32,33)30-21-20(16-3-5-17(24)6-4-16)22(29-15-28-21)34-11-12-35-23-26-13-19(36-2)14-27-23/h3-10,13-15H,11-12H2,1-2H3,(H,28,29,30). The van der Waals surface area contributed by atoms with Gasteiger partial charge in [-0.3, -0.25) is 9.29 Å². The number of halogens is 1. The van der Waals surface area contributed by atoms with E-state index in [1.54, 1.807) is 48.8 Å². The van der Waals surface area contributed by atoms with Crippen molar-refractivity contribution in [2.75, 3.05) is 35.5 Å². The summed E-state index contributed by atoms with van der Waals surface area (Å²) in [5, 5.41) is 0.517. The van der Waals surface area contributed by atoms with Gasteiger partial charge in [-0.25, -0.2) is 24.7 Å². The molecule has 1 N–H and O–H groups in total. The molecule has 14 heteroatoms. The minimum absolute atomic E-state index is 0.0325. The van der Waals surface area contributed by atoms with Crippen LogP contribution in [0.3, 0.4) is 0 Å². The highest BCUT2D eigenvalue weighted by Crippen LogP contribution is 2.35. The van der Waals surface area contributed by atoms with Gasteiger partial charge in [0.1, 0.15) is 19.5 Å². The average molecular weight is 560 g/mol. The lowest BCUT2D eigenvalue weighted by Crippen LogP contribution is -2.33. The second-order valence-electron chi connectivity index (χ2n) is 7.29. The van der Waals surface area contributed by atoms with Crippen molar-refractivity contribution in [1.82, 2.24) is 24.9 Å². The van der Waals surface area contributed by atoms with Crippen molar-refractivity contribution < 1.29 is 17.9 Å². The van der Waals surface area contributed by atoms with Crippen molar-refractivity contribution in [1.29, 1.82) is 0 Å². The predicted molar refractivity (Wildman–Crippen MR) is 142 cm³/mol. The highest BCUT2D eigenvalue weighted by atomic mass is 35.5. The molecule has 0 radical (unpaired) electrons. The molecule has 3 aromatic heterocycles. The van der Waals surface area contributed by atoms with Gasteiger partial charge in [-0.05, 0) is 36.1 Å². The maximum absolute atomic E-state index is 13.1. The average Bonchev–Trinajstić information content (AvgIpc) is 2.92. The van der Waals surface area contributed by atoms with Crippen LogP contribution in [0.2, 0.25) is 5.02 Å². The number of hydrogen-bond donors (Lipinski definition) is 1. The van der Waals surface area contributed by atoms with Gasteiger partial charge in [0.15, 0.2) is 5.82 Å². The summed E-state index contributed by atoms with van der Waals surface area (Å²) in [6.07, 6.45) is 9.47. The van der Waals surface area contributed by atoms with Crippen LogP contribution in [0.5, 0.6) is 11.9 Å². The van der Waals surface area contributed by atoms with E-state index >= 15 is 0 Å². The van der Waals surface area contributed by atoms with Gasteiger partial charge in [0.25, 0.3) is 0 Å². The summed E-state index contributed by atoms with van der Waals surface area (Å²) in [5.74, 6) is 0.189.